The lowest BCUT2D eigenvalue weighted by Crippen LogP contribution is -2.40. The normalized spacial score (nSPS) is 16.7. The molecule has 1 atom stereocenters. The molecule has 0 amide bonds. The molecule has 0 aliphatic rings. The maximum Gasteiger partial charge on any atom is -0.00218 e. The Morgan fingerprint density at radius 2 is 1.00 bits per heavy atom. The summed E-state index contributed by atoms with van der Waals surface area (Å²) in [6.45, 7) is 23.4. The molecule has 1 rings (SSSR count). The number of hydrogen-bond acceptors (Lipinski definition) is 0. The van der Waals surface area contributed by atoms with Crippen molar-refractivity contribution in [1.29, 1.82) is 0 Å². The Hall–Kier alpha value is -0.780. The summed E-state index contributed by atoms with van der Waals surface area (Å²) in [5.41, 5.74) is 3.85. The largest absolute Gasteiger partial charge is 0.0601 e. The summed E-state index contributed by atoms with van der Waals surface area (Å²) < 4.78 is 0. The van der Waals surface area contributed by atoms with Crippen molar-refractivity contribution in [3.05, 3.63) is 35.4 Å². The van der Waals surface area contributed by atoms with E-state index in [9.17, 15) is 0 Å². The summed E-state index contributed by atoms with van der Waals surface area (Å²) in [6, 6.07) is 9.36. The first-order valence-electron chi connectivity index (χ1n) is 8.28. The minimum absolute atomic E-state index is 0.182. The molecule has 0 bridgehead atoms. The SMILES string of the molecule is CC(C)(C)CC(C)(c1ccc(C(C)(C)C)cc1)C(C)(C)C. The molecule has 0 aliphatic carbocycles. The van der Waals surface area contributed by atoms with Crippen molar-refractivity contribution in [1.82, 2.24) is 0 Å². The van der Waals surface area contributed by atoms with Gasteiger partial charge in [-0.2, -0.15) is 0 Å². The molecule has 0 heterocycles. The first kappa shape index (κ1) is 18.3. The second kappa shape index (κ2) is 5.45. The first-order chi connectivity index (χ1) is 9.17. The quantitative estimate of drug-likeness (QED) is 0.566. The zero-order valence-corrected chi connectivity index (χ0v) is 16.0. The van der Waals surface area contributed by atoms with Gasteiger partial charge in [-0.3, -0.25) is 0 Å². The van der Waals surface area contributed by atoms with E-state index in [-0.39, 0.29) is 16.2 Å². The van der Waals surface area contributed by atoms with Crippen molar-refractivity contribution >= 4 is 0 Å². The van der Waals surface area contributed by atoms with Crippen LogP contribution in [0.25, 0.3) is 0 Å². The maximum absolute atomic E-state index is 2.43. The fraction of sp³-hybridized carbons (Fsp3) is 0.714. The highest BCUT2D eigenvalue weighted by atomic mass is 14.5. The van der Waals surface area contributed by atoms with Gasteiger partial charge in [-0.1, -0.05) is 93.5 Å². The lowest BCUT2D eigenvalue weighted by atomic mass is 9.58. The molecule has 1 aromatic carbocycles. The summed E-state index contributed by atoms with van der Waals surface area (Å²) in [4.78, 5) is 0. The molecular weight excluding hydrogens is 252 g/mol. The molecule has 0 spiro atoms. The topological polar surface area (TPSA) is 0 Å². The third kappa shape index (κ3) is 4.34. The predicted molar refractivity (Wildman–Crippen MR) is 96.0 cm³/mol. The van der Waals surface area contributed by atoms with E-state index in [1.54, 1.807) is 0 Å². The van der Waals surface area contributed by atoms with Crippen LogP contribution in [0.2, 0.25) is 0 Å². The highest BCUT2D eigenvalue weighted by Gasteiger charge is 2.41. The van der Waals surface area contributed by atoms with Crippen LogP contribution in [-0.4, -0.2) is 0 Å². The molecule has 0 nitrogen and oxygen atoms in total. The van der Waals surface area contributed by atoms with Crippen LogP contribution in [0.4, 0.5) is 0 Å². The van der Waals surface area contributed by atoms with Crippen LogP contribution in [-0.2, 0) is 10.8 Å². The van der Waals surface area contributed by atoms with E-state index in [2.05, 4.69) is 93.5 Å². The van der Waals surface area contributed by atoms with Gasteiger partial charge >= 0.3 is 0 Å². The standard InChI is InChI=1S/C21H36/c1-18(2,3)15-21(10,20(7,8)9)17-13-11-16(12-14-17)19(4,5)6/h11-14H,15H2,1-10H3. The van der Waals surface area contributed by atoms with Gasteiger partial charge < -0.3 is 0 Å². The molecule has 0 radical (unpaired) electrons. The molecule has 0 heteroatoms. The van der Waals surface area contributed by atoms with Crippen molar-refractivity contribution in [3.8, 4) is 0 Å². The highest BCUT2D eigenvalue weighted by molar-refractivity contribution is 5.33. The Balaban J connectivity index is 3.29. The van der Waals surface area contributed by atoms with Crippen LogP contribution < -0.4 is 0 Å². The minimum atomic E-state index is 0.182. The van der Waals surface area contributed by atoms with Crippen molar-refractivity contribution in [2.75, 3.05) is 0 Å². The van der Waals surface area contributed by atoms with Gasteiger partial charge in [0.2, 0.25) is 0 Å². The number of rotatable bonds is 2. The average Bonchev–Trinajstić information content (AvgIpc) is 2.24. The highest BCUT2D eigenvalue weighted by Crippen LogP contribution is 2.48. The van der Waals surface area contributed by atoms with Gasteiger partial charge in [-0.15, -0.1) is 0 Å². The molecule has 21 heavy (non-hydrogen) atoms. The first-order valence-corrected chi connectivity index (χ1v) is 8.28. The average molecular weight is 289 g/mol. The molecule has 1 unspecified atom stereocenters. The van der Waals surface area contributed by atoms with Crippen molar-refractivity contribution in [2.45, 2.75) is 86.5 Å². The van der Waals surface area contributed by atoms with Gasteiger partial charge in [-0.25, -0.2) is 0 Å². The molecule has 0 aromatic heterocycles. The summed E-state index contributed by atoms with van der Waals surface area (Å²) >= 11 is 0. The lowest BCUT2D eigenvalue weighted by Gasteiger charge is -2.46. The smallest absolute Gasteiger partial charge is 0.00218 e. The Morgan fingerprint density at radius 1 is 0.619 bits per heavy atom. The fourth-order valence-electron chi connectivity index (χ4n) is 3.20. The molecule has 0 saturated heterocycles. The maximum atomic E-state index is 2.43. The van der Waals surface area contributed by atoms with E-state index in [0.717, 1.165) is 0 Å². The van der Waals surface area contributed by atoms with E-state index < -0.39 is 0 Å². The molecule has 0 N–H and O–H groups in total. The zero-order chi connectivity index (χ0) is 16.7. The summed E-state index contributed by atoms with van der Waals surface area (Å²) in [5, 5.41) is 0. The van der Waals surface area contributed by atoms with Gasteiger partial charge in [0.15, 0.2) is 0 Å². The number of hydrogen-bond donors (Lipinski definition) is 0. The Morgan fingerprint density at radius 3 is 1.29 bits per heavy atom. The molecule has 0 fully saturated rings. The molecule has 0 saturated carbocycles. The monoisotopic (exact) mass is 288 g/mol. The third-order valence-corrected chi connectivity index (χ3v) is 4.93. The summed E-state index contributed by atoms with van der Waals surface area (Å²) in [6.07, 6.45) is 1.19. The van der Waals surface area contributed by atoms with Crippen molar-refractivity contribution in [2.24, 2.45) is 10.8 Å². The minimum Gasteiger partial charge on any atom is -0.0601 e. The van der Waals surface area contributed by atoms with E-state index in [1.807, 2.05) is 0 Å². The van der Waals surface area contributed by atoms with Crippen molar-refractivity contribution < 1.29 is 0 Å². The molecule has 1 aromatic rings. The van der Waals surface area contributed by atoms with Crippen molar-refractivity contribution in [3.63, 3.8) is 0 Å². The molecular formula is C21H36. The van der Waals surface area contributed by atoms with Crippen LogP contribution in [0.3, 0.4) is 0 Å². The van der Waals surface area contributed by atoms with Gasteiger partial charge in [0.25, 0.3) is 0 Å². The zero-order valence-electron chi connectivity index (χ0n) is 16.0. The van der Waals surface area contributed by atoms with Gasteiger partial charge in [0, 0.05) is 0 Å². The Kier molecular flexibility index (Phi) is 4.74. The Labute approximate surface area is 133 Å². The second-order valence-electron chi connectivity index (χ2n) is 10.1. The van der Waals surface area contributed by atoms with Gasteiger partial charge in [0.1, 0.15) is 0 Å². The summed E-state index contributed by atoms with van der Waals surface area (Å²) in [7, 11) is 0. The van der Waals surface area contributed by atoms with E-state index in [0.29, 0.717) is 5.41 Å². The second-order valence-corrected chi connectivity index (χ2v) is 10.1. The predicted octanol–water partition coefficient (Wildman–Crippen LogP) is 6.72. The van der Waals surface area contributed by atoms with Gasteiger partial charge in [-0.05, 0) is 39.2 Å². The van der Waals surface area contributed by atoms with Crippen LogP contribution >= 0.6 is 0 Å². The summed E-state index contributed by atoms with van der Waals surface area (Å²) in [5.74, 6) is 0. The van der Waals surface area contributed by atoms with E-state index in [1.165, 1.54) is 17.5 Å². The van der Waals surface area contributed by atoms with Gasteiger partial charge in [0.05, 0.1) is 0 Å². The van der Waals surface area contributed by atoms with E-state index >= 15 is 0 Å². The number of benzene rings is 1. The van der Waals surface area contributed by atoms with Crippen LogP contribution in [0.15, 0.2) is 24.3 Å². The molecule has 120 valence electrons. The van der Waals surface area contributed by atoms with Crippen LogP contribution in [0.1, 0.15) is 86.8 Å². The molecule has 0 aliphatic heterocycles. The third-order valence-electron chi connectivity index (χ3n) is 4.93. The van der Waals surface area contributed by atoms with Crippen LogP contribution in [0.5, 0.6) is 0 Å². The van der Waals surface area contributed by atoms with E-state index in [4.69, 9.17) is 0 Å². The fourth-order valence-corrected chi connectivity index (χ4v) is 3.20. The Bertz CT molecular complexity index is 457. The van der Waals surface area contributed by atoms with Crippen LogP contribution in [0, 0.1) is 10.8 Å². The lowest BCUT2D eigenvalue weighted by molar-refractivity contribution is 0.134.